The predicted molar refractivity (Wildman–Crippen MR) is 10.4 cm³/mol. The van der Waals surface area contributed by atoms with Gasteiger partial charge in [-0.25, -0.2) is 0 Å². The molecule has 0 N–H and O–H groups in total. The number of hydrogen-bond acceptors (Lipinski definition) is 1. The average Bonchev–Trinajstić information content (AvgIpc) is 0.918. The molecule has 0 saturated heterocycles. The minimum Gasteiger partial charge on any atom is 0 e. The molecule has 0 saturated carbocycles. The van der Waals surface area contributed by atoms with E-state index in [0.717, 1.165) is 0 Å². The van der Waals surface area contributed by atoms with Crippen LogP contribution in [0, 0.1) is 0 Å². The average molecular weight is 148 g/mol. The van der Waals surface area contributed by atoms with Gasteiger partial charge in [0.2, 0.25) is 0 Å². The minimum atomic E-state index is -0.833. The molecule has 0 aliphatic carbocycles. The van der Waals surface area contributed by atoms with Gasteiger partial charge in [-0.2, -0.15) is 0 Å². The van der Waals surface area contributed by atoms with Gasteiger partial charge in [-0.15, -0.1) is 0 Å². The maximum absolute atomic E-state index is 9.02. The van der Waals surface area contributed by atoms with E-state index in [1.165, 1.54) is 0 Å². The molecule has 0 aromatic carbocycles. The van der Waals surface area contributed by atoms with Crippen LogP contribution in [0.15, 0.2) is 0 Å². The minimum absolute atomic E-state index is 0. The van der Waals surface area contributed by atoms with Crippen molar-refractivity contribution in [2.24, 2.45) is 0 Å². The summed E-state index contributed by atoms with van der Waals surface area (Å²) in [5.41, 5.74) is 0. The van der Waals surface area contributed by atoms with E-state index in [1.807, 2.05) is 0 Å². The largest absolute Gasteiger partial charge is 0 e. The quantitative estimate of drug-likeness (QED) is 0.354. The van der Waals surface area contributed by atoms with Crippen molar-refractivity contribution in [2.75, 3.05) is 0 Å². The van der Waals surface area contributed by atoms with Crippen molar-refractivity contribution < 1.29 is 40.5 Å². The van der Waals surface area contributed by atoms with Crippen molar-refractivity contribution in [1.29, 1.82) is 0 Å². The zero-order valence-electron chi connectivity index (χ0n) is 1.93. The van der Waals surface area contributed by atoms with Crippen LogP contribution in [0.1, 0.15) is 0 Å². The van der Waals surface area contributed by atoms with Gasteiger partial charge < -0.3 is 0 Å². The monoisotopic (exact) mass is 148 g/mol. The topological polar surface area (TPSA) is 17.1 Å². The zero-order chi connectivity index (χ0) is 2.71. The summed E-state index contributed by atoms with van der Waals surface area (Å²) in [6.45, 7) is 0. The van der Waals surface area contributed by atoms with E-state index in [9.17, 15) is 0 Å². The van der Waals surface area contributed by atoms with E-state index in [-0.39, 0.29) is 18.6 Å². The maximum Gasteiger partial charge on any atom is 0 e. The van der Waals surface area contributed by atoms with Crippen LogP contribution in [0.4, 0.5) is 0 Å². The molecule has 0 heterocycles. The Hall–Kier alpha value is 1.53. The van der Waals surface area contributed by atoms with Gasteiger partial charge in [0.1, 0.15) is 0 Å². The standard InChI is InChI=1S/O.H2P.Ti.V/h;1H2;;/q;-1;+1;. The van der Waals surface area contributed by atoms with Gasteiger partial charge in [-0.3, -0.25) is 0 Å². The van der Waals surface area contributed by atoms with E-state index >= 15 is 0 Å². The Labute approximate surface area is 47.7 Å². The first-order chi connectivity index (χ1) is 1.41. The molecule has 0 bridgehead atoms. The third-order valence-electron chi connectivity index (χ3n) is 0. The summed E-state index contributed by atoms with van der Waals surface area (Å²) in [6.07, 6.45) is 0. The third-order valence-corrected chi connectivity index (χ3v) is 0. The Morgan fingerprint density at radius 2 is 1.75 bits per heavy atom. The van der Waals surface area contributed by atoms with Crippen LogP contribution in [-0.2, 0) is 40.5 Å². The van der Waals surface area contributed by atoms with E-state index < -0.39 is 18.6 Å². The molecule has 0 aliphatic heterocycles. The summed E-state index contributed by atoms with van der Waals surface area (Å²) >= 11 is -0.833. The van der Waals surface area contributed by atoms with E-state index in [1.54, 1.807) is 0 Å². The van der Waals surface area contributed by atoms with Gasteiger partial charge in [0.05, 0.1) is 0 Å². The second kappa shape index (κ2) is 8.82. The van der Waals surface area contributed by atoms with Crippen LogP contribution < -0.4 is 0 Å². The molecule has 0 aromatic heterocycles. The van der Waals surface area contributed by atoms with Gasteiger partial charge in [-0.1, -0.05) is 0 Å². The first-order valence-corrected chi connectivity index (χ1v) is 4.41. The first-order valence-electron chi connectivity index (χ1n) is 0.493. The maximum atomic E-state index is 9.02. The van der Waals surface area contributed by atoms with Gasteiger partial charge in [0.15, 0.2) is 0 Å². The summed E-state index contributed by atoms with van der Waals surface area (Å²) in [4.78, 5) is 0. The molecule has 1 atom stereocenters. The Bertz CT molecular complexity index is 15.5. The molecule has 0 rings (SSSR count). The summed E-state index contributed by atoms with van der Waals surface area (Å²) in [7, 11) is 2.15. The van der Waals surface area contributed by atoms with Crippen molar-refractivity contribution in [1.82, 2.24) is 0 Å². The molecule has 1 unspecified atom stereocenters. The SMILES string of the molecule is [O]=[Ti][PH2].[V]. The molecular weight excluding hydrogens is 146 g/mol. The summed E-state index contributed by atoms with van der Waals surface area (Å²) < 4.78 is 9.02. The third kappa shape index (κ3) is 9.66. The van der Waals surface area contributed by atoms with E-state index in [0.29, 0.717) is 0 Å². The Balaban J connectivity index is 0. The zero-order valence-corrected chi connectivity index (χ0v) is 6.05. The Morgan fingerprint density at radius 3 is 1.75 bits per heavy atom. The van der Waals surface area contributed by atoms with Crippen molar-refractivity contribution in [3.63, 3.8) is 0 Å². The van der Waals surface area contributed by atoms with Crippen LogP contribution in [0.2, 0.25) is 0 Å². The van der Waals surface area contributed by atoms with Crippen LogP contribution in [0.3, 0.4) is 0 Å². The summed E-state index contributed by atoms with van der Waals surface area (Å²) in [5.74, 6) is 0. The summed E-state index contributed by atoms with van der Waals surface area (Å²) in [5, 5.41) is 0. The van der Waals surface area contributed by atoms with E-state index in [2.05, 4.69) is 7.23 Å². The normalized spacial score (nSPS) is 2.25. The predicted octanol–water partition coefficient (Wildman–Crippen LogP) is 0.202. The summed E-state index contributed by atoms with van der Waals surface area (Å²) in [6, 6.07) is 0. The molecule has 4 heavy (non-hydrogen) atoms. The van der Waals surface area contributed by atoms with Gasteiger partial charge in [-0.05, 0) is 0 Å². The van der Waals surface area contributed by atoms with Crippen LogP contribution in [0.25, 0.3) is 0 Å². The Morgan fingerprint density at radius 1 is 1.75 bits per heavy atom. The molecule has 22 valence electrons. The van der Waals surface area contributed by atoms with Crippen LogP contribution in [-0.4, -0.2) is 0 Å². The van der Waals surface area contributed by atoms with E-state index in [4.69, 9.17) is 3.32 Å². The smallest absolute Gasteiger partial charge is 0 e. The molecule has 1 radical (unpaired) electrons. The van der Waals surface area contributed by atoms with Crippen molar-refractivity contribution in [2.45, 2.75) is 0 Å². The molecular formula is H2OPTiV. The second-order valence-corrected chi connectivity index (χ2v) is 1.46. The molecule has 0 aromatic rings. The molecule has 0 spiro atoms. The Kier molecular flexibility index (Phi) is 20.1. The van der Waals surface area contributed by atoms with Crippen molar-refractivity contribution >= 4 is 7.23 Å². The van der Waals surface area contributed by atoms with Crippen molar-refractivity contribution in [3.05, 3.63) is 0 Å². The number of hydrogen-bond donors (Lipinski definition) is 0. The fourth-order valence-corrected chi connectivity index (χ4v) is 0. The van der Waals surface area contributed by atoms with Crippen LogP contribution >= 0.6 is 7.23 Å². The molecule has 0 fully saturated rings. The van der Waals surface area contributed by atoms with Crippen LogP contribution in [0.5, 0.6) is 0 Å². The number of rotatable bonds is 0. The fourth-order valence-electron chi connectivity index (χ4n) is 0. The second-order valence-electron chi connectivity index (χ2n) is 0.118. The molecule has 0 aliphatic rings. The molecule has 4 heteroatoms. The fraction of sp³-hybridized carbons (Fsp3) is 0. The van der Waals surface area contributed by atoms with Crippen molar-refractivity contribution in [3.8, 4) is 0 Å². The van der Waals surface area contributed by atoms with Gasteiger partial charge >= 0.3 is 29.2 Å². The van der Waals surface area contributed by atoms with Gasteiger partial charge in [0, 0.05) is 18.6 Å². The molecule has 1 nitrogen and oxygen atoms in total. The van der Waals surface area contributed by atoms with Gasteiger partial charge in [0.25, 0.3) is 0 Å². The first kappa shape index (κ1) is 9.11. The molecule has 0 amide bonds.